The Morgan fingerprint density at radius 1 is 1.05 bits per heavy atom. The summed E-state index contributed by atoms with van der Waals surface area (Å²) in [6.07, 6.45) is 0.308. The first-order chi connectivity index (χ1) is 9.05. The average Bonchev–Trinajstić information content (AvgIpc) is 2.46. The summed E-state index contributed by atoms with van der Waals surface area (Å²) in [4.78, 5) is 0. The lowest BCUT2D eigenvalue weighted by atomic mass is 10.00. The molecule has 0 amide bonds. The van der Waals surface area contributed by atoms with Gasteiger partial charge in [-0.2, -0.15) is 5.26 Å². The molecule has 0 fully saturated rings. The maximum Gasteiger partial charge on any atom is 0.262 e. The van der Waals surface area contributed by atoms with Crippen molar-refractivity contribution >= 4 is 0 Å². The Balaban J connectivity index is 3.18. The average molecular weight is 265 g/mol. The van der Waals surface area contributed by atoms with Gasteiger partial charge >= 0.3 is 0 Å². The van der Waals surface area contributed by atoms with E-state index in [4.69, 9.17) is 18.9 Å². The van der Waals surface area contributed by atoms with Gasteiger partial charge in [0.15, 0.2) is 11.5 Å². The SMILES string of the molecule is COc1cc(C)c(CC(C#N)(OC)OC)cc1OC. The number of rotatable bonds is 6. The molecule has 0 saturated carbocycles. The van der Waals surface area contributed by atoms with Crippen molar-refractivity contribution in [3.8, 4) is 17.6 Å². The fourth-order valence-electron chi connectivity index (χ4n) is 1.82. The summed E-state index contributed by atoms with van der Waals surface area (Å²) in [7, 11) is 6.05. The molecule has 0 heterocycles. The van der Waals surface area contributed by atoms with E-state index in [2.05, 4.69) is 0 Å². The molecular formula is C14H19NO4. The molecule has 5 heteroatoms. The number of benzene rings is 1. The largest absolute Gasteiger partial charge is 0.493 e. The van der Waals surface area contributed by atoms with Crippen molar-refractivity contribution in [2.75, 3.05) is 28.4 Å². The molecule has 0 saturated heterocycles. The molecule has 0 aliphatic heterocycles. The molecule has 0 radical (unpaired) electrons. The van der Waals surface area contributed by atoms with Crippen molar-refractivity contribution in [2.45, 2.75) is 19.1 Å². The summed E-state index contributed by atoms with van der Waals surface area (Å²) in [6, 6.07) is 5.73. The van der Waals surface area contributed by atoms with Crippen molar-refractivity contribution in [3.05, 3.63) is 23.3 Å². The van der Waals surface area contributed by atoms with Gasteiger partial charge in [-0.25, -0.2) is 0 Å². The molecule has 19 heavy (non-hydrogen) atoms. The second-order valence-corrected chi connectivity index (χ2v) is 4.08. The highest BCUT2D eigenvalue weighted by Crippen LogP contribution is 2.32. The standard InChI is InChI=1S/C14H19NO4/c1-10-6-12(16-2)13(17-3)7-11(10)8-14(9-15,18-4)19-5/h6-7H,8H2,1-5H3. The van der Waals surface area contributed by atoms with Crippen LogP contribution in [0.15, 0.2) is 12.1 Å². The van der Waals surface area contributed by atoms with Crippen LogP contribution in [0.1, 0.15) is 11.1 Å². The Morgan fingerprint density at radius 3 is 2.00 bits per heavy atom. The zero-order valence-electron chi connectivity index (χ0n) is 11.9. The van der Waals surface area contributed by atoms with E-state index < -0.39 is 5.79 Å². The van der Waals surface area contributed by atoms with Crippen molar-refractivity contribution < 1.29 is 18.9 Å². The molecule has 0 aromatic heterocycles. The summed E-state index contributed by atoms with van der Waals surface area (Å²) >= 11 is 0. The lowest BCUT2D eigenvalue weighted by molar-refractivity contribution is -0.162. The van der Waals surface area contributed by atoms with Gasteiger partial charge in [-0.1, -0.05) is 0 Å². The van der Waals surface area contributed by atoms with Gasteiger partial charge in [0.2, 0.25) is 0 Å². The molecule has 0 atom stereocenters. The number of hydrogen-bond donors (Lipinski definition) is 0. The number of nitriles is 1. The van der Waals surface area contributed by atoms with Crippen LogP contribution >= 0.6 is 0 Å². The van der Waals surface area contributed by atoms with E-state index in [1.54, 1.807) is 14.2 Å². The molecule has 1 rings (SSSR count). The summed E-state index contributed by atoms with van der Waals surface area (Å²) in [6.45, 7) is 1.94. The van der Waals surface area contributed by atoms with E-state index in [-0.39, 0.29) is 0 Å². The smallest absolute Gasteiger partial charge is 0.262 e. The van der Waals surface area contributed by atoms with Crippen LogP contribution in [0.25, 0.3) is 0 Å². The van der Waals surface area contributed by atoms with Gasteiger partial charge in [0.05, 0.1) is 14.2 Å². The number of aryl methyl sites for hydroxylation is 1. The van der Waals surface area contributed by atoms with E-state index in [0.29, 0.717) is 17.9 Å². The number of methoxy groups -OCH3 is 4. The lowest BCUT2D eigenvalue weighted by Gasteiger charge is -2.24. The summed E-state index contributed by atoms with van der Waals surface area (Å²) in [5, 5.41) is 9.20. The molecule has 0 N–H and O–H groups in total. The third kappa shape index (κ3) is 3.16. The Kier molecular flexibility index (Phi) is 5.16. The minimum absolute atomic E-state index is 0.308. The fraction of sp³-hybridized carbons (Fsp3) is 0.500. The quantitative estimate of drug-likeness (QED) is 0.737. The Labute approximate surface area is 113 Å². The van der Waals surface area contributed by atoms with Crippen LogP contribution < -0.4 is 9.47 Å². The van der Waals surface area contributed by atoms with E-state index in [1.807, 2.05) is 25.1 Å². The molecule has 0 bridgehead atoms. The summed E-state index contributed by atoms with van der Waals surface area (Å²) in [5.74, 6) is -0.0204. The van der Waals surface area contributed by atoms with Crippen molar-refractivity contribution in [2.24, 2.45) is 0 Å². The molecule has 0 spiro atoms. The van der Waals surface area contributed by atoms with E-state index in [1.165, 1.54) is 14.2 Å². The van der Waals surface area contributed by atoms with E-state index in [0.717, 1.165) is 11.1 Å². The highest BCUT2D eigenvalue weighted by Gasteiger charge is 2.31. The van der Waals surface area contributed by atoms with Gasteiger partial charge in [-0.15, -0.1) is 0 Å². The van der Waals surface area contributed by atoms with E-state index in [9.17, 15) is 5.26 Å². The third-order valence-electron chi connectivity index (χ3n) is 3.10. The normalized spacial score (nSPS) is 10.9. The first kappa shape index (κ1) is 15.3. The molecule has 104 valence electrons. The minimum atomic E-state index is -1.29. The summed E-state index contributed by atoms with van der Waals surface area (Å²) < 4.78 is 20.8. The fourth-order valence-corrected chi connectivity index (χ4v) is 1.82. The first-order valence-corrected chi connectivity index (χ1v) is 5.78. The minimum Gasteiger partial charge on any atom is -0.493 e. The Morgan fingerprint density at radius 2 is 1.58 bits per heavy atom. The highest BCUT2D eigenvalue weighted by atomic mass is 16.7. The van der Waals surface area contributed by atoms with Crippen LogP contribution in [0.4, 0.5) is 0 Å². The van der Waals surface area contributed by atoms with Crippen LogP contribution in [0, 0.1) is 18.3 Å². The molecule has 1 aromatic carbocycles. The molecular weight excluding hydrogens is 246 g/mol. The number of ether oxygens (including phenoxy) is 4. The predicted octanol–water partition coefficient (Wildman–Crippen LogP) is 2.07. The second kappa shape index (κ2) is 6.41. The third-order valence-corrected chi connectivity index (χ3v) is 3.10. The second-order valence-electron chi connectivity index (χ2n) is 4.08. The van der Waals surface area contributed by atoms with Gasteiger partial charge in [0.25, 0.3) is 5.79 Å². The van der Waals surface area contributed by atoms with Gasteiger partial charge in [0.1, 0.15) is 6.07 Å². The van der Waals surface area contributed by atoms with Crippen LogP contribution in [0.5, 0.6) is 11.5 Å². The molecule has 1 aromatic rings. The first-order valence-electron chi connectivity index (χ1n) is 5.78. The van der Waals surface area contributed by atoms with Gasteiger partial charge in [-0.3, -0.25) is 0 Å². The molecule has 5 nitrogen and oxygen atoms in total. The molecule has 0 aliphatic carbocycles. The van der Waals surface area contributed by atoms with Crippen LogP contribution in [-0.4, -0.2) is 34.2 Å². The maximum atomic E-state index is 9.20. The maximum absolute atomic E-state index is 9.20. The molecule has 0 unspecified atom stereocenters. The summed E-state index contributed by atoms with van der Waals surface area (Å²) in [5.41, 5.74) is 1.88. The van der Waals surface area contributed by atoms with Gasteiger partial charge in [0, 0.05) is 20.6 Å². The monoisotopic (exact) mass is 265 g/mol. The van der Waals surface area contributed by atoms with Gasteiger partial charge < -0.3 is 18.9 Å². The van der Waals surface area contributed by atoms with Crippen LogP contribution in [-0.2, 0) is 15.9 Å². The van der Waals surface area contributed by atoms with Crippen LogP contribution in [0.3, 0.4) is 0 Å². The van der Waals surface area contributed by atoms with Crippen LogP contribution in [0.2, 0.25) is 0 Å². The molecule has 0 aliphatic rings. The van der Waals surface area contributed by atoms with Crippen molar-refractivity contribution in [1.82, 2.24) is 0 Å². The predicted molar refractivity (Wildman–Crippen MR) is 70.3 cm³/mol. The number of hydrogen-bond acceptors (Lipinski definition) is 5. The zero-order chi connectivity index (χ0) is 14.5. The Bertz CT molecular complexity index is 475. The topological polar surface area (TPSA) is 60.7 Å². The zero-order valence-corrected chi connectivity index (χ0v) is 11.9. The van der Waals surface area contributed by atoms with Crippen molar-refractivity contribution in [3.63, 3.8) is 0 Å². The van der Waals surface area contributed by atoms with E-state index >= 15 is 0 Å². The van der Waals surface area contributed by atoms with Crippen molar-refractivity contribution in [1.29, 1.82) is 5.26 Å². The van der Waals surface area contributed by atoms with Gasteiger partial charge in [-0.05, 0) is 30.2 Å². The highest BCUT2D eigenvalue weighted by molar-refractivity contribution is 5.47. The lowest BCUT2D eigenvalue weighted by Crippen LogP contribution is -2.34. The number of nitrogens with zero attached hydrogens (tertiary/aromatic N) is 1. The Hall–Kier alpha value is -1.77.